The van der Waals surface area contributed by atoms with Crippen LogP contribution in [0, 0.1) is 0 Å². The van der Waals surface area contributed by atoms with Crippen LogP contribution < -0.4 is 0 Å². The van der Waals surface area contributed by atoms with E-state index in [1.165, 1.54) is 11.1 Å². The average Bonchev–Trinajstić information content (AvgIpc) is 2.90. The molecule has 0 aliphatic rings. The third-order valence-electron chi connectivity index (χ3n) is 2.97. The van der Waals surface area contributed by atoms with Crippen LogP contribution in [0.1, 0.15) is 52.7 Å². The Labute approximate surface area is 126 Å². The second-order valence-corrected chi connectivity index (χ2v) is 5.32. The fraction of sp³-hybridized carbons (Fsp3) is 0.562. The molecule has 0 aromatic carbocycles. The van der Waals surface area contributed by atoms with Gasteiger partial charge in [-0.1, -0.05) is 35.4 Å². The maximum Gasteiger partial charge on any atom is 0.305 e. The number of rotatable bonds is 8. The van der Waals surface area contributed by atoms with Crippen LogP contribution in [0.25, 0.3) is 0 Å². The maximum absolute atomic E-state index is 11.1. The summed E-state index contributed by atoms with van der Waals surface area (Å²) in [5.41, 5.74) is 3.36. The molecule has 5 heteroatoms. The Morgan fingerprint density at radius 3 is 2.76 bits per heavy atom. The third kappa shape index (κ3) is 7.44. The minimum Gasteiger partial charge on any atom is -0.459 e. The van der Waals surface area contributed by atoms with E-state index in [0.717, 1.165) is 12.8 Å². The van der Waals surface area contributed by atoms with Crippen LogP contribution in [0.2, 0.25) is 0 Å². The zero-order valence-corrected chi connectivity index (χ0v) is 13.4. The van der Waals surface area contributed by atoms with Gasteiger partial charge in [0.05, 0.1) is 12.7 Å². The molecule has 0 unspecified atom stereocenters. The van der Waals surface area contributed by atoms with E-state index >= 15 is 0 Å². The molecule has 0 bridgehead atoms. The number of nitrogens with zero attached hydrogens (tertiary/aromatic N) is 3. The van der Waals surface area contributed by atoms with E-state index in [1.807, 2.05) is 6.20 Å². The first kappa shape index (κ1) is 17.1. The molecular formula is C16H25N3O2. The quantitative estimate of drug-likeness (QED) is 0.544. The summed E-state index contributed by atoms with van der Waals surface area (Å²) in [7, 11) is 0. The number of hydrogen-bond acceptors (Lipinski definition) is 4. The van der Waals surface area contributed by atoms with Gasteiger partial charge in [0.25, 0.3) is 0 Å². The number of hydrogen-bond donors (Lipinski definition) is 0. The van der Waals surface area contributed by atoms with Crippen molar-refractivity contribution >= 4 is 5.97 Å². The molecule has 0 radical (unpaired) electrons. The third-order valence-corrected chi connectivity index (χ3v) is 2.97. The van der Waals surface area contributed by atoms with Crippen molar-refractivity contribution in [2.24, 2.45) is 0 Å². The van der Waals surface area contributed by atoms with Gasteiger partial charge < -0.3 is 4.74 Å². The Morgan fingerprint density at radius 1 is 1.33 bits per heavy atom. The number of esters is 1. The molecular weight excluding hydrogens is 266 g/mol. The minimum atomic E-state index is -0.223. The van der Waals surface area contributed by atoms with Gasteiger partial charge >= 0.3 is 5.97 Å². The van der Waals surface area contributed by atoms with Crippen LogP contribution >= 0.6 is 0 Å². The molecule has 0 aliphatic heterocycles. The molecule has 0 saturated carbocycles. The van der Waals surface area contributed by atoms with Crippen molar-refractivity contribution in [1.29, 1.82) is 0 Å². The molecule has 0 N–H and O–H groups in total. The molecule has 1 aromatic rings. The maximum atomic E-state index is 11.1. The van der Waals surface area contributed by atoms with E-state index in [-0.39, 0.29) is 12.6 Å². The van der Waals surface area contributed by atoms with Gasteiger partial charge in [-0.25, -0.2) is 4.68 Å². The van der Waals surface area contributed by atoms with Crippen molar-refractivity contribution in [3.05, 3.63) is 35.2 Å². The average molecular weight is 291 g/mol. The summed E-state index contributed by atoms with van der Waals surface area (Å²) in [5.74, 6) is -0.223. The van der Waals surface area contributed by atoms with Gasteiger partial charge in [-0.3, -0.25) is 4.79 Å². The summed E-state index contributed by atoms with van der Waals surface area (Å²) in [4.78, 5) is 11.1. The highest BCUT2D eigenvalue weighted by molar-refractivity contribution is 5.68. The molecule has 21 heavy (non-hydrogen) atoms. The van der Waals surface area contributed by atoms with Gasteiger partial charge in [-0.15, -0.1) is 5.10 Å². The summed E-state index contributed by atoms with van der Waals surface area (Å²) in [6, 6.07) is 0. The Hall–Kier alpha value is -1.91. The van der Waals surface area contributed by atoms with Gasteiger partial charge in [-0.2, -0.15) is 0 Å². The smallest absolute Gasteiger partial charge is 0.305 e. The van der Waals surface area contributed by atoms with Crippen molar-refractivity contribution in [1.82, 2.24) is 15.0 Å². The Kier molecular flexibility index (Phi) is 7.43. The van der Waals surface area contributed by atoms with Gasteiger partial charge in [0.2, 0.25) is 0 Å². The molecule has 0 fully saturated rings. The van der Waals surface area contributed by atoms with Crippen LogP contribution in [0.15, 0.2) is 29.5 Å². The largest absolute Gasteiger partial charge is 0.459 e. The van der Waals surface area contributed by atoms with Crippen LogP contribution in [-0.2, 0) is 22.7 Å². The zero-order valence-electron chi connectivity index (χ0n) is 13.4. The SMILES string of the molecule is CCC(=O)OCc1cn(CC=C(C)CCC=C(C)C)nn1. The molecule has 0 atom stereocenters. The fourth-order valence-corrected chi connectivity index (χ4v) is 1.69. The van der Waals surface area contributed by atoms with Gasteiger partial charge in [0.15, 0.2) is 0 Å². The second-order valence-electron chi connectivity index (χ2n) is 5.32. The standard InChI is InChI=1S/C16H25N3O2/c1-5-16(20)21-12-15-11-19(18-17-15)10-9-14(4)8-6-7-13(2)3/h7,9,11H,5-6,8,10,12H2,1-4H3. The molecule has 1 aromatic heterocycles. The molecule has 1 rings (SSSR count). The lowest BCUT2D eigenvalue weighted by Gasteiger charge is -2.00. The van der Waals surface area contributed by atoms with Gasteiger partial charge in [-0.05, 0) is 33.6 Å². The summed E-state index contributed by atoms with van der Waals surface area (Å²) in [6.45, 7) is 9.00. The van der Waals surface area contributed by atoms with Gasteiger partial charge in [0.1, 0.15) is 12.3 Å². The van der Waals surface area contributed by atoms with E-state index in [0.29, 0.717) is 18.7 Å². The normalized spacial score (nSPS) is 11.3. The number of carbonyl (C=O) groups is 1. The highest BCUT2D eigenvalue weighted by atomic mass is 16.5. The molecule has 5 nitrogen and oxygen atoms in total. The molecule has 0 saturated heterocycles. The fourth-order valence-electron chi connectivity index (χ4n) is 1.69. The lowest BCUT2D eigenvalue weighted by molar-refractivity contribution is -0.144. The number of aromatic nitrogens is 3. The van der Waals surface area contributed by atoms with Crippen molar-refractivity contribution in [2.45, 2.75) is 60.1 Å². The number of carbonyl (C=O) groups excluding carboxylic acids is 1. The van der Waals surface area contributed by atoms with Crippen molar-refractivity contribution in [3.8, 4) is 0 Å². The Morgan fingerprint density at radius 2 is 2.10 bits per heavy atom. The number of ether oxygens (including phenoxy) is 1. The Balaban J connectivity index is 2.40. The summed E-state index contributed by atoms with van der Waals surface area (Å²) in [5, 5.41) is 8.00. The van der Waals surface area contributed by atoms with E-state index in [4.69, 9.17) is 4.74 Å². The lowest BCUT2D eigenvalue weighted by atomic mass is 10.1. The molecule has 116 valence electrons. The molecule has 0 amide bonds. The van der Waals surface area contributed by atoms with Crippen LogP contribution in [-0.4, -0.2) is 21.0 Å². The monoisotopic (exact) mass is 291 g/mol. The van der Waals surface area contributed by atoms with E-state index in [9.17, 15) is 4.79 Å². The minimum absolute atomic E-state index is 0.190. The topological polar surface area (TPSA) is 57.0 Å². The second kappa shape index (κ2) is 9.10. The first-order chi connectivity index (χ1) is 10.0. The van der Waals surface area contributed by atoms with E-state index in [1.54, 1.807) is 11.6 Å². The zero-order chi connectivity index (χ0) is 15.7. The van der Waals surface area contributed by atoms with Crippen molar-refractivity contribution in [2.75, 3.05) is 0 Å². The first-order valence-corrected chi connectivity index (χ1v) is 7.35. The summed E-state index contributed by atoms with van der Waals surface area (Å²) >= 11 is 0. The van der Waals surface area contributed by atoms with Crippen LogP contribution in [0.4, 0.5) is 0 Å². The van der Waals surface area contributed by atoms with Crippen molar-refractivity contribution in [3.63, 3.8) is 0 Å². The van der Waals surface area contributed by atoms with E-state index in [2.05, 4.69) is 43.2 Å². The van der Waals surface area contributed by atoms with Crippen LogP contribution in [0.5, 0.6) is 0 Å². The van der Waals surface area contributed by atoms with Gasteiger partial charge in [0, 0.05) is 6.42 Å². The first-order valence-electron chi connectivity index (χ1n) is 7.35. The summed E-state index contributed by atoms with van der Waals surface area (Å²) < 4.78 is 6.76. The van der Waals surface area contributed by atoms with Crippen LogP contribution in [0.3, 0.4) is 0 Å². The predicted molar refractivity (Wildman–Crippen MR) is 82.5 cm³/mol. The summed E-state index contributed by atoms with van der Waals surface area (Å²) in [6.07, 6.45) is 8.70. The predicted octanol–water partition coefficient (Wildman–Crippen LogP) is 3.42. The van der Waals surface area contributed by atoms with E-state index < -0.39 is 0 Å². The highest BCUT2D eigenvalue weighted by Gasteiger charge is 2.03. The lowest BCUT2D eigenvalue weighted by Crippen LogP contribution is -2.02. The van der Waals surface area contributed by atoms with Crippen molar-refractivity contribution < 1.29 is 9.53 Å². The highest BCUT2D eigenvalue weighted by Crippen LogP contribution is 2.07. The Bertz CT molecular complexity index is 511. The number of allylic oxidation sites excluding steroid dienone is 4. The molecule has 1 heterocycles. The molecule has 0 aliphatic carbocycles. The molecule has 0 spiro atoms.